The first-order valence-electron chi connectivity index (χ1n) is 16.6. The fraction of sp³-hybridized carbons (Fsp3) is 0.649. The maximum atomic E-state index is 14.8. The zero-order valence-electron chi connectivity index (χ0n) is 27.7. The SMILES string of the molecule is CC1(C)CC2=C(Cc3cc4c(cc32)NC(=O)C2(C)C(CCC3(O)C5=CC(=O)C6OC5(CCC32C)OC6(C)C)CC4=O)C(C)(C)O1. The van der Waals surface area contributed by atoms with Crippen molar-refractivity contribution in [2.75, 3.05) is 5.32 Å². The fourth-order valence-electron chi connectivity index (χ4n) is 10.7. The molecular formula is C37H45NO7. The molecule has 0 radical (unpaired) electrons. The van der Waals surface area contributed by atoms with Gasteiger partial charge in [-0.3, -0.25) is 14.4 Å². The van der Waals surface area contributed by atoms with Crippen molar-refractivity contribution >= 4 is 28.7 Å². The molecule has 3 fully saturated rings. The maximum absolute atomic E-state index is 14.8. The average molecular weight is 616 g/mol. The predicted octanol–water partition coefficient (Wildman–Crippen LogP) is 5.85. The van der Waals surface area contributed by atoms with Crippen LogP contribution in [0.15, 0.2) is 29.4 Å². The lowest BCUT2D eigenvalue weighted by molar-refractivity contribution is -0.258. The molecule has 6 atom stereocenters. The van der Waals surface area contributed by atoms with E-state index in [-0.39, 0.29) is 35.4 Å². The van der Waals surface area contributed by atoms with Gasteiger partial charge in [0, 0.05) is 35.8 Å². The van der Waals surface area contributed by atoms with Crippen LogP contribution in [0.2, 0.25) is 0 Å². The molecule has 2 saturated carbocycles. The van der Waals surface area contributed by atoms with Crippen molar-refractivity contribution in [3.8, 4) is 0 Å². The highest BCUT2D eigenvalue weighted by atomic mass is 16.8. The number of fused-ring (bicyclic) bond motifs is 8. The molecule has 2 bridgehead atoms. The largest absolute Gasteiger partial charge is 0.385 e. The van der Waals surface area contributed by atoms with Crippen molar-refractivity contribution in [3.63, 3.8) is 0 Å². The molecule has 2 N–H and O–H groups in total. The number of anilines is 1. The van der Waals surface area contributed by atoms with E-state index in [4.69, 9.17) is 14.2 Å². The van der Waals surface area contributed by atoms with Crippen molar-refractivity contribution in [2.45, 2.75) is 135 Å². The average Bonchev–Trinajstić information content (AvgIpc) is 3.40. The van der Waals surface area contributed by atoms with E-state index < -0.39 is 39.5 Å². The number of carbonyl (C=O) groups is 3. The zero-order valence-corrected chi connectivity index (χ0v) is 27.7. The first-order chi connectivity index (χ1) is 20.8. The Labute approximate surface area is 264 Å². The van der Waals surface area contributed by atoms with Crippen molar-refractivity contribution in [1.29, 1.82) is 0 Å². The van der Waals surface area contributed by atoms with Gasteiger partial charge in [0.25, 0.3) is 0 Å². The van der Waals surface area contributed by atoms with Crippen LogP contribution in [0.4, 0.5) is 5.69 Å². The van der Waals surface area contributed by atoms with Crippen LogP contribution in [0.5, 0.6) is 0 Å². The first-order valence-corrected chi connectivity index (χ1v) is 16.6. The molecule has 3 aliphatic carbocycles. The van der Waals surface area contributed by atoms with Gasteiger partial charge in [0.15, 0.2) is 23.5 Å². The van der Waals surface area contributed by atoms with E-state index in [0.717, 1.165) is 24.0 Å². The third-order valence-corrected chi connectivity index (χ3v) is 13.1. The number of amides is 1. The summed E-state index contributed by atoms with van der Waals surface area (Å²) in [4.78, 5) is 42.2. The summed E-state index contributed by atoms with van der Waals surface area (Å²) in [6, 6.07) is 4.00. The van der Waals surface area contributed by atoms with Gasteiger partial charge in [0.1, 0.15) is 5.60 Å². The molecule has 1 saturated heterocycles. The normalized spacial score (nSPS) is 41.8. The molecular weight excluding hydrogens is 570 g/mol. The molecule has 1 amide bonds. The number of aliphatic hydroxyl groups is 1. The highest BCUT2D eigenvalue weighted by Gasteiger charge is 2.75. The van der Waals surface area contributed by atoms with Gasteiger partial charge in [0.05, 0.1) is 27.9 Å². The van der Waals surface area contributed by atoms with Crippen molar-refractivity contribution < 1.29 is 33.7 Å². The van der Waals surface area contributed by atoms with Crippen LogP contribution in [0.3, 0.4) is 0 Å². The van der Waals surface area contributed by atoms with Gasteiger partial charge in [-0.2, -0.15) is 0 Å². The molecule has 1 spiro atoms. The molecule has 7 aliphatic rings. The molecule has 4 heterocycles. The summed E-state index contributed by atoms with van der Waals surface area (Å²) in [6.45, 7) is 16.0. The van der Waals surface area contributed by atoms with Gasteiger partial charge in [-0.15, -0.1) is 0 Å². The molecule has 1 aromatic rings. The second-order valence-electron chi connectivity index (χ2n) is 16.9. The van der Waals surface area contributed by atoms with Crippen LogP contribution in [0.25, 0.3) is 5.57 Å². The van der Waals surface area contributed by atoms with Crippen LogP contribution in [0.1, 0.15) is 115 Å². The van der Waals surface area contributed by atoms with Crippen molar-refractivity contribution in [2.24, 2.45) is 16.7 Å². The zero-order chi connectivity index (χ0) is 32.3. The van der Waals surface area contributed by atoms with Gasteiger partial charge in [0.2, 0.25) is 5.91 Å². The molecule has 8 heteroatoms. The van der Waals surface area contributed by atoms with Crippen LogP contribution < -0.4 is 5.32 Å². The molecule has 1 aromatic carbocycles. The van der Waals surface area contributed by atoms with Gasteiger partial charge in [-0.25, -0.2) is 0 Å². The lowest BCUT2D eigenvalue weighted by Crippen LogP contribution is -2.71. The second-order valence-corrected chi connectivity index (χ2v) is 16.9. The van der Waals surface area contributed by atoms with E-state index in [1.54, 1.807) is 0 Å². The maximum Gasteiger partial charge on any atom is 0.231 e. The van der Waals surface area contributed by atoms with Crippen LogP contribution in [-0.2, 0) is 30.2 Å². The highest BCUT2D eigenvalue weighted by molar-refractivity contribution is 6.09. The summed E-state index contributed by atoms with van der Waals surface area (Å²) < 4.78 is 19.3. The Hall–Kier alpha value is -2.65. The van der Waals surface area contributed by atoms with Crippen molar-refractivity contribution in [1.82, 2.24) is 0 Å². The van der Waals surface area contributed by atoms with Gasteiger partial charge < -0.3 is 24.6 Å². The number of hydrogen-bond acceptors (Lipinski definition) is 7. The Morgan fingerprint density at radius 2 is 1.64 bits per heavy atom. The number of nitrogens with one attached hydrogen (secondary N) is 1. The van der Waals surface area contributed by atoms with E-state index in [0.29, 0.717) is 42.5 Å². The monoisotopic (exact) mass is 615 g/mol. The topological polar surface area (TPSA) is 111 Å². The molecule has 240 valence electrons. The number of rotatable bonds is 0. The number of ketones is 2. The molecule has 45 heavy (non-hydrogen) atoms. The molecule has 8 rings (SSSR count). The fourth-order valence-corrected chi connectivity index (χ4v) is 10.7. The van der Waals surface area contributed by atoms with Crippen LogP contribution in [0, 0.1) is 16.7 Å². The summed E-state index contributed by atoms with van der Waals surface area (Å²) in [5.74, 6) is -1.91. The molecule has 6 unspecified atom stereocenters. The first kappa shape index (κ1) is 29.7. The third kappa shape index (κ3) is 3.55. The smallest absolute Gasteiger partial charge is 0.231 e. The van der Waals surface area contributed by atoms with Gasteiger partial charge in [-0.05, 0) is 121 Å². The van der Waals surface area contributed by atoms with Gasteiger partial charge >= 0.3 is 0 Å². The minimum Gasteiger partial charge on any atom is -0.385 e. The lowest BCUT2D eigenvalue weighted by atomic mass is 9.41. The third-order valence-electron chi connectivity index (χ3n) is 13.1. The summed E-state index contributed by atoms with van der Waals surface area (Å²) in [6.07, 6.45) is 4.09. The quantitative estimate of drug-likeness (QED) is 0.377. The minimum absolute atomic E-state index is 0.00478. The van der Waals surface area contributed by atoms with E-state index >= 15 is 0 Å². The summed E-state index contributed by atoms with van der Waals surface area (Å²) in [7, 11) is 0. The number of hydrogen-bond donors (Lipinski definition) is 2. The Kier molecular flexibility index (Phi) is 5.57. The lowest BCUT2D eigenvalue weighted by Gasteiger charge is -2.66. The van der Waals surface area contributed by atoms with E-state index in [2.05, 4.69) is 33.0 Å². The number of benzene rings is 1. The van der Waals surface area contributed by atoms with Crippen LogP contribution >= 0.6 is 0 Å². The van der Waals surface area contributed by atoms with E-state index in [9.17, 15) is 19.5 Å². The number of carbonyl (C=O) groups excluding carboxylic acids is 3. The van der Waals surface area contributed by atoms with Crippen LogP contribution in [-0.4, -0.2) is 56.9 Å². The molecule has 0 aromatic heterocycles. The Bertz CT molecular complexity index is 1700. The Morgan fingerprint density at radius 3 is 2.38 bits per heavy atom. The number of ether oxygens (including phenoxy) is 3. The van der Waals surface area contributed by atoms with Crippen molar-refractivity contribution in [3.05, 3.63) is 46.0 Å². The summed E-state index contributed by atoms with van der Waals surface area (Å²) in [5.41, 5.74) is 0.923. The summed E-state index contributed by atoms with van der Waals surface area (Å²) in [5, 5.41) is 16.0. The molecule has 4 aliphatic heterocycles. The Balaban J connectivity index is 1.22. The summed E-state index contributed by atoms with van der Waals surface area (Å²) >= 11 is 0. The van der Waals surface area contributed by atoms with E-state index in [1.807, 2.05) is 39.8 Å². The van der Waals surface area contributed by atoms with E-state index in [1.165, 1.54) is 17.2 Å². The van der Waals surface area contributed by atoms with Gasteiger partial charge in [-0.1, -0.05) is 6.92 Å². The minimum atomic E-state index is -1.53. The number of Topliss-reactive ketones (excluding diaryl/α,β-unsaturated/α-hetero) is 1. The predicted molar refractivity (Wildman–Crippen MR) is 167 cm³/mol. The molecule has 8 nitrogen and oxygen atoms in total. The Morgan fingerprint density at radius 1 is 0.911 bits per heavy atom. The highest BCUT2D eigenvalue weighted by Crippen LogP contribution is 2.70. The standard InChI is InChI=1S/C37H45NO7/c1-31(2)18-23-21-16-25-22(13-19(21)14-24(23)32(3,4)44-31)26(39)15-20-9-10-36(42)28-17-27(40)29-33(5,6)45-37(28,43-29)12-11-34(36,7)35(20,8)30(41)38-25/h13,16-17,20,29,42H,9-12,14-15,18H2,1-8H3,(H,38,41). The second kappa shape index (κ2) is 8.43.